The van der Waals surface area contributed by atoms with Crippen molar-refractivity contribution >= 4 is 18.2 Å². The number of rotatable bonds is 6. The lowest BCUT2D eigenvalue weighted by molar-refractivity contribution is 0.0585. The first-order valence-corrected chi connectivity index (χ1v) is 9.24. The molecule has 1 saturated heterocycles. The largest absolute Gasteiger partial charge is 0.381 e. The number of aliphatic imine (C=N–C) groups is 1. The maximum atomic E-state index is 5.46. The van der Waals surface area contributed by atoms with E-state index in [0.717, 1.165) is 56.8 Å². The van der Waals surface area contributed by atoms with E-state index in [9.17, 15) is 0 Å². The molecule has 0 spiro atoms. The molecule has 0 amide bonds. The summed E-state index contributed by atoms with van der Waals surface area (Å²) >= 11 is 0. The molecule has 5 heteroatoms. The van der Waals surface area contributed by atoms with Gasteiger partial charge in [0, 0.05) is 19.9 Å². The molecule has 2 heterocycles. The van der Waals surface area contributed by atoms with Crippen LogP contribution in [0.5, 0.6) is 0 Å². The minimum absolute atomic E-state index is 0.452. The zero-order chi connectivity index (χ0) is 16.8. The monoisotopic (exact) mass is 330 g/mol. The predicted molar refractivity (Wildman–Crippen MR) is 99.5 cm³/mol. The summed E-state index contributed by atoms with van der Waals surface area (Å²) in [5.74, 6) is 2.15. The highest BCUT2D eigenvalue weighted by atomic mass is 16.5. The molecular weight excluding hydrogens is 300 g/mol. The van der Waals surface area contributed by atoms with Gasteiger partial charge in [0.1, 0.15) is 5.69 Å². The Kier molecular flexibility index (Phi) is 6.21. The quantitative estimate of drug-likeness (QED) is 0.784. The third-order valence-electron chi connectivity index (χ3n) is 5.58. The number of hydrogen-bond acceptors (Lipinski definition) is 5. The number of methoxy groups -OCH3 is 1. The van der Waals surface area contributed by atoms with Gasteiger partial charge in [0.15, 0.2) is 5.82 Å². The number of nitrogens with zero attached hydrogens (tertiary/aromatic N) is 2. The lowest BCUT2D eigenvalue weighted by atomic mass is 9.87. The van der Waals surface area contributed by atoms with Gasteiger partial charge in [-0.25, -0.2) is 4.98 Å². The number of aromatic nitrogens is 1. The van der Waals surface area contributed by atoms with E-state index in [1.165, 1.54) is 18.4 Å². The molecular formula is C19H30N4O. The zero-order valence-electron chi connectivity index (χ0n) is 14.8. The van der Waals surface area contributed by atoms with Crippen molar-refractivity contribution in [1.29, 1.82) is 0 Å². The molecule has 3 rings (SSSR count). The summed E-state index contributed by atoms with van der Waals surface area (Å²) in [4.78, 5) is 8.85. The molecule has 2 N–H and O–H groups in total. The molecule has 0 bridgehead atoms. The second-order valence-electron chi connectivity index (χ2n) is 7.04. The van der Waals surface area contributed by atoms with Crippen molar-refractivity contribution in [2.24, 2.45) is 10.9 Å². The van der Waals surface area contributed by atoms with Crippen LogP contribution in [-0.4, -0.2) is 44.5 Å². The van der Waals surface area contributed by atoms with E-state index in [1.807, 2.05) is 13.3 Å². The summed E-state index contributed by atoms with van der Waals surface area (Å²) in [6.45, 7) is 6.92. The van der Waals surface area contributed by atoms with Crippen LogP contribution >= 0.6 is 0 Å². The maximum Gasteiger partial charge on any atom is 0.152 e. The zero-order valence-corrected chi connectivity index (χ0v) is 14.8. The number of hydrogen-bond donors (Lipinski definition) is 2. The fraction of sp³-hybridized carbons (Fsp3) is 0.684. The van der Waals surface area contributed by atoms with Gasteiger partial charge in [-0.1, -0.05) is 0 Å². The van der Waals surface area contributed by atoms with Crippen LogP contribution in [0.2, 0.25) is 0 Å². The molecule has 1 saturated carbocycles. The van der Waals surface area contributed by atoms with Crippen molar-refractivity contribution in [2.45, 2.75) is 50.5 Å². The van der Waals surface area contributed by atoms with Crippen LogP contribution in [0.4, 0.5) is 11.5 Å². The Morgan fingerprint density at radius 3 is 2.67 bits per heavy atom. The van der Waals surface area contributed by atoms with Crippen molar-refractivity contribution in [3.8, 4) is 0 Å². The lowest BCUT2D eigenvalue weighted by Gasteiger charge is -2.28. The molecule has 1 aliphatic heterocycles. The van der Waals surface area contributed by atoms with Crippen LogP contribution in [0.15, 0.2) is 17.3 Å². The highest BCUT2D eigenvalue weighted by molar-refractivity contribution is 5.68. The average Bonchev–Trinajstić information content (AvgIpc) is 2.67. The fourth-order valence-electron chi connectivity index (χ4n) is 4.04. The van der Waals surface area contributed by atoms with E-state index in [2.05, 4.69) is 33.4 Å². The molecule has 0 radical (unpaired) electrons. The Balaban J connectivity index is 1.64. The van der Waals surface area contributed by atoms with Crippen molar-refractivity contribution in [1.82, 2.24) is 10.3 Å². The maximum absolute atomic E-state index is 5.46. The average molecular weight is 330 g/mol. The number of anilines is 1. The lowest BCUT2D eigenvalue weighted by Crippen LogP contribution is -2.27. The smallest absolute Gasteiger partial charge is 0.152 e. The highest BCUT2D eigenvalue weighted by Crippen LogP contribution is 2.36. The van der Waals surface area contributed by atoms with Gasteiger partial charge in [-0.3, -0.25) is 4.99 Å². The molecule has 24 heavy (non-hydrogen) atoms. The number of ether oxygens (including phenoxy) is 1. The van der Waals surface area contributed by atoms with Crippen LogP contribution in [0.25, 0.3) is 0 Å². The van der Waals surface area contributed by atoms with Crippen LogP contribution in [0, 0.1) is 5.92 Å². The molecule has 1 aromatic rings. The summed E-state index contributed by atoms with van der Waals surface area (Å²) in [6.07, 6.45) is 9.45. The Morgan fingerprint density at radius 2 is 2.00 bits per heavy atom. The van der Waals surface area contributed by atoms with E-state index < -0.39 is 0 Å². The molecule has 0 aromatic carbocycles. The fourth-order valence-corrected chi connectivity index (χ4v) is 4.04. The van der Waals surface area contributed by atoms with E-state index in [0.29, 0.717) is 17.9 Å². The van der Waals surface area contributed by atoms with E-state index >= 15 is 0 Å². The van der Waals surface area contributed by atoms with Gasteiger partial charge in [-0.15, -0.1) is 0 Å². The van der Waals surface area contributed by atoms with Crippen molar-refractivity contribution in [2.75, 3.05) is 32.1 Å². The Bertz CT molecular complexity index is 534. The van der Waals surface area contributed by atoms with Gasteiger partial charge < -0.3 is 15.4 Å². The molecule has 5 nitrogen and oxygen atoms in total. The summed E-state index contributed by atoms with van der Waals surface area (Å²) in [6, 6.07) is 2.12. The minimum Gasteiger partial charge on any atom is -0.381 e. The highest BCUT2D eigenvalue weighted by Gasteiger charge is 2.23. The third-order valence-corrected chi connectivity index (χ3v) is 5.58. The SMILES string of the molecule is C=Nc1c(C2CCNCC2)ccnc1NCC1CCC(OC)CC1. The summed E-state index contributed by atoms with van der Waals surface area (Å²) < 4.78 is 5.46. The van der Waals surface area contributed by atoms with E-state index in [4.69, 9.17) is 4.74 Å². The summed E-state index contributed by atoms with van der Waals surface area (Å²) in [7, 11) is 1.82. The molecule has 0 unspecified atom stereocenters. The minimum atomic E-state index is 0.452. The van der Waals surface area contributed by atoms with Gasteiger partial charge in [-0.2, -0.15) is 0 Å². The number of nitrogens with one attached hydrogen (secondary N) is 2. The van der Waals surface area contributed by atoms with Gasteiger partial charge in [0.05, 0.1) is 6.10 Å². The third kappa shape index (κ3) is 4.14. The molecule has 132 valence electrons. The standard InChI is InChI=1S/C19H30N4O/c1-20-18-17(15-7-10-21-11-8-15)9-12-22-19(18)23-13-14-3-5-16(24-2)6-4-14/h9,12,14-16,21H,1,3-8,10-11,13H2,2H3,(H,22,23). The number of pyridine rings is 1. The van der Waals surface area contributed by atoms with Crippen molar-refractivity contribution in [3.05, 3.63) is 17.8 Å². The molecule has 0 atom stereocenters. The van der Waals surface area contributed by atoms with Crippen molar-refractivity contribution in [3.63, 3.8) is 0 Å². The van der Waals surface area contributed by atoms with Crippen molar-refractivity contribution < 1.29 is 4.74 Å². The van der Waals surface area contributed by atoms with Crippen LogP contribution in [0.3, 0.4) is 0 Å². The second-order valence-corrected chi connectivity index (χ2v) is 7.04. The van der Waals surface area contributed by atoms with Gasteiger partial charge >= 0.3 is 0 Å². The summed E-state index contributed by atoms with van der Waals surface area (Å²) in [5, 5.41) is 6.97. The van der Waals surface area contributed by atoms with Crippen LogP contribution < -0.4 is 10.6 Å². The normalized spacial score (nSPS) is 25.4. The predicted octanol–water partition coefficient (Wildman–Crippen LogP) is 3.50. The first-order chi connectivity index (χ1) is 11.8. The Morgan fingerprint density at radius 1 is 1.25 bits per heavy atom. The molecule has 1 aliphatic carbocycles. The topological polar surface area (TPSA) is 58.5 Å². The first-order valence-electron chi connectivity index (χ1n) is 9.24. The van der Waals surface area contributed by atoms with E-state index in [-0.39, 0.29) is 0 Å². The van der Waals surface area contributed by atoms with Gasteiger partial charge in [-0.05, 0) is 81.8 Å². The molecule has 1 aromatic heterocycles. The van der Waals surface area contributed by atoms with Crippen LogP contribution in [0.1, 0.15) is 50.0 Å². The van der Waals surface area contributed by atoms with E-state index in [1.54, 1.807) is 0 Å². The molecule has 2 fully saturated rings. The second kappa shape index (κ2) is 8.58. The van der Waals surface area contributed by atoms with Gasteiger partial charge in [0.25, 0.3) is 0 Å². The van der Waals surface area contributed by atoms with Crippen LogP contribution in [-0.2, 0) is 4.74 Å². The first kappa shape index (κ1) is 17.4. The Labute approximate surface area is 145 Å². The number of piperidine rings is 1. The summed E-state index contributed by atoms with van der Waals surface area (Å²) in [5.41, 5.74) is 2.25. The van der Waals surface area contributed by atoms with Gasteiger partial charge in [0.2, 0.25) is 0 Å². The molecule has 2 aliphatic rings. The Hall–Kier alpha value is -1.46.